The number of anilines is 1. The molecule has 3 nitrogen and oxygen atoms in total. The molecule has 4 heteroatoms. The van der Waals surface area contributed by atoms with Crippen LogP contribution in [-0.2, 0) is 17.8 Å². The number of halogens is 1. The minimum absolute atomic E-state index is 0.0181. The Labute approximate surface area is 126 Å². The quantitative estimate of drug-likeness (QED) is 0.654. The van der Waals surface area contributed by atoms with Crippen LogP contribution in [0.4, 0.5) is 5.69 Å². The van der Waals surface area contributed by atoms with Gasteiger partial charge in [0, 0.05) is 21.4 Å². The molecule has 0 fully saturated rings. The Balaban J connectivity index is 1.95. The standard InChI is InChI=1S/C15H15IN2O/c1-2-12-7-9-18(10-8-12)11-15(19)17-14-5-3-13(16)4-6-14/h3-10H,2,11H2,1H3/p+1. The highest BCUT2D eigenvalue weighted by molar-refractivity contribution is 14.1. The van der Waals surface area contributed by atoms with Crippen LogP contribution in [-0.4, -0.2) is 5.91 Å². The molecule has 0 atom stereocenters. The maximum atomic E-state index is 11.9. The van der Waals surface area contributed by atoms with Crippen LogP contribution < -0.4 is 9.88 Å². The number of hydrogen-bond acceptors (Lipinski definition) is 1. The van der Waals surface area contributed by atoms with Crippen LogP contribution in [0, 0.1) is 3.57 Å². The largest absolute Gasteiger partial charge is 0.321 e. The van der Waals surface area contributed by atoms with E-state index in [0.717, 1.165) is 15.7 Å². The third-order valence-corrected chi connectivity index (χ3v) is 3.54. The monoisotopic (exact) mass is 367 g/mol. The molecule has 1 aromatic carbocycles. The molecule has 0 spiro atoms. The average Bonchev–Trinajstić information content (AvgIpc) is 2.42. The maximum absolute atomic E-state index is 11.9. The molecule has 0 aliphatic heterocycles. The van der Waals surface area contributed by atoms with Gasteiger partial charge in [-0.15, -0.1) is 0 Å². The Morgan fingerprint density at radius 3 is 2.37 bits per heavy atom. The number of pyridine rings is 1. The molecule has 1 heterocycles. The lowest BCUT2D eigenvalue weighted by atomic mass is 10.2. The van der Waals surface area contributed by atoms with Crippen molar-refractivity contribution in [3.63, 3.8) is 0 Å². The zero-order chi connectivity index (χ0) is 13.7. The van der Waals surface area contributed by atoms with E-state index in [1.807, 2.05) is 53.4 Å². The first-order chi connectivity index (χ1) is 9.17. The molecule has 0 bridgehead atoms. The van der Waals surface area contributed by atoms with Crippen LogP contribution in [0.25, 0.3) is 0 Å². The molecular weight excluding hydrogens is 351 g/mol. The van der Waals surface area contributed by atoms with Crippen molar-refractivity contribution in [2.24, 2.45) is 0 Å². The van der Waals surface area contributed by atoms with Gasteiger partial charge in [-0.25, -0.2) is 0 Å². The highest BCUT2D eigenvalue weighted by Gasteiger charge is 2.09. The SMILES string of the molecule is CCc1cc[n+](CC(=O)Nc2ccc(I)cc2)cc1. The van der Waals surface area contributed by atoms with Gasteiger partial charge in [-0.1, -0.05) is 6.92 Å². The van der Waals surface area contributed by atoms with Crippen LogP contribution in [0.2, 0.25) is 0 Å². The van der Waals surface area contributed by atoms with Gasteiger partial charge in [0.15, 0.2) is 12.4 Å². The molecule has 0 radical (unpaired) electrons. The predicted octanol–water partition coefficient (Wildman–Crippen LogP) is 2.78. The van der Waals surface area contributed by atoms with Gasteiger partial charge in [-0.2, -0.15) is 4.57 Å². The summed E-state index contributed by atoms with van der Waals surface area (Å²) in [5, 5.41) is 2.88. The zero-order valence-electron chi connectivity index (χ0n) is 10.8. The number of aromatic nitrogens is 1. The molecule has 0 aliphatic carbocycles. The van der Waals surface area contributed by atoms with E-state index in [1.165, 1.54) is 5.56 Å². The third-order valence-electron chi connectivity index (χ3n) is 2.82. The van der Waals surface area contributed by atoms with E-state index in [1.54, 1.807) is 0 Å². The Kier molecular flexibility index (Phi) is 4.90. The fraction of sp³-hybridized carbons (Fsp3) is 0.200. The second-order valence-electron chi connectivity index (χ2n) is 4.29. The minimum atomic E-state index is -0.0181. The van der Waals surface area contributed by atoms with E-state index in [-0.39, 0.29) is 5.91 Å². The van der Waals surface area contributed by atoms with E-state index in [9.17, 15) is 4.79 Å². The summed E-state index contributed by atoms with van der Waals surface area (Å²) in [5.41, 5.74) is 2.10. The number of carbonyl (C=O) groups excluding carboxylic acids is 1. The van der Waals surface area contributed by atoms with Crippen LogP contribution in [0.15, 0.2) is 48.8 Å². The molecule has 98 valence electrons. The molecule has 1 amide bonds. The van der Waals surface area contributed by atoms with Crippen molar-refractivity contribution in [1.29, 1.82) is 0 Å². The first-order valence-corrected chi connectivity index (χ1v) is 7.28. The lowest BCUT2D eigenvalue weighted by molar-refractivity contribution is -0.684. The lowest BCUT2D eigenvalue weighted by Crippen LogP contribution is -2.39. The zero-order valence-corrected chi connectivity index (χ0v) is 12.9. The summed E-state index contributed by atoms with van der Waals surface area (Å²) >= 11 is 2.24. The third kappa shape index (κ3) is 4.31. The van der Waals surface area contributed by atoms with Gasteiger partial charge in [0.25, 0.3) is 5.91 Å². The topological polar surface area (TPSA) is 33.0 Å². The van der Waals surface area contributed by atoms with Gasteiger partial charge >= 0.3 is 0 Å². The number of nitrogens with one attached hydrogen (secondary N) is 1. The van der Waals surface area contributed by atoms with E-state index < -0.39 is 0 Å². The molecule has 0 aliphatic rings. The lowest BCUT2D eigenvalue weighted by Gasteiger charge is -2.03. The molecule has 0 unspecified atom stereocenters. The molecule has 2 aromatic rings. The van der Waals surface area contributed by atoms with E-state index in [0.29, 0.717) is 6.54 Å². The summed E-state index contributed by atoms with van der Waals surface area (Å²) in [6, 6.07) is 11.8. The van der Waals surface area contributed by atoms with E-state index >= 15 is 0 Å². The van der Waals surface area contributed by atoms with Crippen molar-refractivity contribution < 1.29 is 9.36 Å². The number of hydrogen-bond donors (Lipinski definition) is 1. The van der Waals surface area contributed by atoms with Crippen molar-refractivity contribution in [1.82, 2.24) is 0 Å². The summed E-state index contributed by atoms with van der Waals surface area (Å²) in [6.45, 7) is 2.44. The number of rotatable bonds is 4. The van der Waals surface area contributed by atoms with Crippen molar-refractivity contribution in [3.05, 3.63) is 57.9 Å². The van der Waals surface area contributed by atoms with Crippen LogP contribution >= 0.6 is 22.6 Å². The number of carbonyl (C=O) groups is 1. The summed E-state index contributed by atoms with van der Waals surface area (Å²) in [4.78, 5) is 11.9. The van der Waals surface area contributed by atoms with Crippen molar-refractivity contribution in [2.75, 3.05) is 5.32 Å². The highest BCUT2D eigenvalue weighted by Crippen LogP contribution is 2.10. The number of aryl methyl sites for hydroxylation is 1. The normalized spacial score (nSPS) is 10.2. The number of benzene rings is 1. The van der Waals surface area contributed by atoms with E-state index in [4.69, 9.17) is 0 Å². The summed E-state index contributed by atoms with van der Waals surface area (Å²) in [7, 11) is 0. The van der Waals surface area contributed by atoms with Gasteiger partial charge in [-0.05, 0) is 58.8 Å². The van der Waals surface area contributed by atoms with Crippen LogP contribution in [0.3, 0.4) is 0 Å². The highest BCUT2D eigenvalue weighted by atomic mass is 127. The summed E-state index contributed by atoms with van der Waals surface area (Å²) in [5.74, 6) is -0.0181. The Morgan fingerprint density at radius 2 is 1.79 bits per heavy atom. The van der Waals surface area contributed by atoms with Crippen LogP contribution in [0.1, 0.15) is 12.5 Å². The fourth-order valence-corrected chi connectivity index (χ4v) is 2.09. The van der Waals surface area contributed by atoms with Crippen molar-refractivity contribution in [3.8, 4) is 0 Å². The van der Waals surface area contributed by atoms with Crippen molar-refractivity contribution in [2.45, 2.75) is 19.9 Å². The van der Waals surface area contributed by atoms with Gasteiger partial charge in [-0.3, -0.25) is 4.79 Å². The molecular formula is C15H16IN2O+. The first kappa shape index (κ1) is 14.0. The second-order valence-corrected chi connectivity index (χ2v) is 5.53. The molecule has 2 rings (SSSR count). The van der Waals surface area contributed by atoms with Crippen molar-refractivity contribution >= 4 is 34.2 Å². The predicted molar refractivity (Wildman–Crippen MR) is 83.8 cm³/mol. The summed E-state index contributed by atoms with van der Waals surface area (Å²) < 4.78 is 3.03. The minimum Gasteiger partial charge on any atom is -0.321 e. The molecule has 0 saturated carbocycles. The Hall–Kier alpha value is -1.43. The second kappa shape index (κ2) is 6.65. The average molecular weight is 367 g/mol. The van der Waals surface area contributed by atoms with Gasteiger partial charge in [0.2, 0.25) is 6.54 Å². The molecule has 1 aromatic heterocycles. The molecule has 19 heavy (non-hydrogen) atoms. The molecule has 1 N–H and O–H groups in total. The fourth-order valence-electron chi connectivity index (χ4n) is 1.73. The molecule has 0 saturated heterocycles. The Morgan fingerprint density at radius 1 is 1.16 bits per heavy atom. The Bertz CT molecular complexity index is 549. The smallest absolute Gasteiger partial charge is 0.290 e. The first-order valence-electron chi connectivity index (χ1n) is 6.21. The van der Waals surface area contributed by atoms with Crippen LogP contribution in [0.5, 0.6) is 0 Å². The van der Waals surface area contributed by atoms with Gasteiger partial charge < -0.3 is 5.32 Å². The van der Waals surface area contributed by atoms with Gasteiger partial charge in [0.05, 0.1) is 0 Å². The summed E-state index contributed by atoms with van der Waals surface area (Å²) in [6.07, 6.45) is 4.88. The van der Waals surface area contributed by atoms with Gasteiger partial charge in [0.1, 0.15) is 0 Å². The number of nitrogens with zero attached hydrogens (tertiary/aromatic N) is 1. The maximum Gasteiger partial charge on any atom is 0.290 e. The van der Waals surface area contributed by atoms with E-state index in [2.05, 4.69) is 34.8 Å². The number of amides is 1.